The number of halogens is 1. The summed E-state index contributed by atoms with van der Waals surface area (Å²) in [5.74, 6) is -0.325. The van der Waals surface area contributed by atoms with E-state index in [1.165, 1.54) is 23.9 Å². The second-order valence-electron chi connectivity index (χ2n) is 4.19. The van der Waals surface area contributed by atoms with Crippen LogP contribution in [0.15, 0.2) is 34.2 Å². The number of thioether (sulfide) groups is 1. The van der Waals surface area contributed by atoms with E-state index in [2.05, 4.69) is 4.99 Å². The van der Waals surface area contributed by atoms with Crippen molar-refractivity contribution in [2.75, 3.05) is 5.73 Å². The molecule has 0 saturated carbocycles. The van der Waals surface area contributed by atoms with Gasteiger partial charge in [-0.2, -0.15) is 0 Å². The second-order valence-corrected chi connectivity index (χ2v) is 5.46. The summed E-state index contributed by atoms with van der Waals surface area (Å²) >= 11 is 1.38. The van der Waals surface area contributed by atoms with Crippen LogP contribution in [0, 0.1) is 5.82 Å². The summed E-state index contributed by atoms with van der Waals surface area (Å²) in [6.45, 7) is 3.75. The van der Waals surface area contributed by atoms with Gasteiger partial charge in [-0.1, -0.05) is 11.8 Å². The molecule has 0 aliphatic carbocycles. The van der Waals surface area contributed by atoms with Gasteiger partial charge in [0.15, 0.2) is 5.17 Å². The molecule has 0 fully saturated rings. The van der Waals surface area contributed by atoms with Crippen LogP contribution in [0.1, 0.15) is 19.4 Å². The number of nitrogens with two attached hydrogens (primary N) is 2. The maximum absolute atomic E-state index is 13.9. The Bertz CT molecular complexity index is 504. The first-order valence-electron chi connectivity index (χ1n) is 5.19. The van der Waals surface area contributed by atoms with E-state index in [-0.39, 0.29) is 5.82 Å². The van der Waals surface area contributed by atoms with Gasteiger partial charge in [-0.3, -0.25) is 0 Å². The van der Waals surface area contributed by atoms with Gasteiger partial charge in [0.1, 0.15) is 11.4 Å². The summed E-state index contributed by atoms with van der Waals surface area (Å²) in [7, 11) is 0. The Morgan fingerprint density at radius 1 is 1.35 bits per heavy atom. The van der Waals surface area contributed by atoms with E-state index in [0.717, 1.165) is 4.91 Å². The van der Waals surface area contributed by atoms with E-state index in [9.17, 15) is 4.39 Å². The molecule has 3 nitrogen and oxygen atoms in total. The molecular formula is C12H14FN3S. The predicted molar refractivity (Wildman–Crippen MR) is 71.1 cm³/mol. The van der Waals surface area contributed by atoms with Crippen molar-refractivity contribution in [2.45, 2.75) is 19.4 Å². The van der Waals surface area contributed by atoms with E-state index >= 15 is 0 Å². The Balaban J connectivity index is 2.58. The van der Waals surface area contributed by atoms with Crippen molar-refractivity contribution in [1.29, 1.82) is 0 Å². The minimum atomic E-state index is -0.779. The molecule has 1 aliphatic heterocycles. The highest BCUT2D eigenvalue weighted by atomic mass is 32.2. The third-order valence-electron chi connectivity index (χ3n) is 2.63. The SMILES string of the molecule is CC1=C[C@@](C)(c2cc(N)ccc2F)N=C(N)S1. The molecule has 4 N–H and O–H groups in total. The first kappa shape index (κ1) is 12.0. The molecule has 0 bridgehead atoms. The van der Waals surface area contributed by atoms with Gasteiger partial charge in [0, 0.05) is 11.3 Å². The van der Waals surface area contributed by atoms with Gasteiger partial charge in [0.05, 0.1) is 0 Å². The summed E-state index contributed by atoms with van der Waals surface area (Å²) in [5.41, 5.74) is 11.6. The Hall–Kier alpha value is -1.49. The average Bonchev–Trinajstić information content (AvgIpc) is 2.19. The molecule has 17 heavy (non-hydrogen) atoms. The molecule has 90 valence electrons. The Morgan fingerprint density at radius 3 is 2.71 bits per heavy atom. The summed E-state index contributed by atoms with van der Waals surface area (Å²) in [6, 6.07) is 4.49. The molecule has 1 aromatic carbocycles. The van der Waals surface area contributed by atoms with Crippen molar-refractivity contribution in [3.63, 3.8) is 0 Å². The lowest BCUT2D eigenvalue weighted by Crippen LogP contribution is -2.26. The van der Waals surface area contributed by atoms with Gasteiger partial charge < -0.3 is 11.5 Å². The molecule has 0 aromatic heterocycles. The first-order chi connectivity index (χ1) is 7.90. The van der Waals surface area contributed by atoms with Crippen LogP contribution < -0.4 is 11.5 Å². The zero-order chi connectivity index (χ0) is 12.6. The van der Waals surface area contributed by atoms with Crippen LogP contribution in [-0.4, -0.2) is 5.17 Å². The summed E-state index contributed by atoms with van der Waals surface area (Å²) in [5, 5.41) is 0.439. The fourth-order valence-corrected chi connectivity index (χ4v) is 2.80. The van der Waals surface area contributed by atoms with Crippen LogP contribution in [0.3, 0.4) is 0 Å². The van der Waals surface area contributed by atoms with Gasteiger partial charge in [0.25, 0.3) is 0 Å². The van der Waals surface area contributed by atoms with Crippen LogP contribution >= 0.6 is 11.8 Å². The lowest BCUT2D eigenvalue weighted by Gasteiger charge is -2.27. The molecule has 1 atom stereocenters. The number of benzene rings is 1. The number of nitrogens with zero attached hydrogens (tertiary/aromatic N) is 1. The molecule has 1 aliphatic rings. The minimum Gasteiger partial charge on any atom is -0.399 e. The molecule has 1 heterocycles. The third-order valence-corrected chi connectivity index (χ3v) is 3.37. The van der Waals surface area contributed by atoms with Crippen molar-refractivity contribution in [3.05, 3.63) is 40.6 Å². The van der Waals surface area contributed by atoms with Crippen LogP contribution in [-0.2, 0) is 5.54 Å². The second kappa shape index (κ2) is 4.07. The standard InChI is InChI=1S/C12H14FN3S/c1-7-6-12(2,16-11(15)17-7)9-5-8(14)3-4-10(9)13/h3-6H,14H2,1-2H3,(H2,15,16)/t12-/m0/s1. The number of amidine groups is 1. The van der Waals surface area contributed by atoms with Crippen molar-refractivity contribution >= 4 is 22.6 Å². The predicted octanol–water partition coefficient (Wildman–Crippen LogP) is 2.59. The van der Waals surface area contributed by atoms with Gasteiger partial charge in [0.2, 0.25) is 0 Å². The van der Waals surface area contributed by atoms with E-state index < -0.39 is 5.54 Å². The van der Waals surface area contributed by atoms with Crippen LogP contribution in [0.25, 0.3) is 0 Å². The van der Waals surface area contributed by atoms with Crippen LogP contribution in [0.4, 0.5) is 10.1 Å². The first-order valence-corrected chi connectivity index (χ1v) is 6.00. The highest BCUT2D eigenvalue weighted by Crippen LogP contribution is 2.37. The smallest absolute Gasteiger partial charge is 0.159 e. The fourth-order valence-electron chi connectivity index (χ4n) is 1.94. The van der Waals surface area contributed by atoms with E-state index in [0.29, 0.717) is 16.4 Å². The number of anilines is 1. The van der Waals surface area contributed by atoms with E-state index in [1.54, 1.807) is 6.07 Å². The van der Waals surface area contributed by atoms with Gasteiger partial charge in [-0.25, -0.2) is 9.38 Å². The Morgan fingerprint density at radius 2 is 2.06 bits per heavy atom. The van der Waals surface area contributed by atoms with Crippen LogP contribution in [0.2, 0.25) is 0 Å². The quantitative estimate of drug-likeness (QED) is 0.754. The fraction of sp³-hybridized carbons (Fsp3) is 0.250. The molecular weight excluding hydrogens is 237 g/mol. The van der Waals surface area contributed by atoms with E-state index in [4.69, 9.17) is 11.5 Å². The maximum Gasteiger partial charge on any atom is 0.159 e. The van der Waals surface area contributed by atoms with Crippen molar-refractivity contribution in [2.24, 2.45) is 10.7 Å². The number of allylic oxidation sites excluding steroid dienone is 1. The van der Waals surface area contributed by atoms with Crippen molar-refractivity contribution < 1.29 is 4.39 Å². The van der Waals surface area contributed by atoms with Gasteiger partial charge >= 0.3 is 0 Å². The third kappa shape index (κ3) is 2.29. The normalized spacial score (nSPS) is 24.2. The minimum absolute atomic E-state index is 0.325. The molecule has 5 heteroatoms. The molecule has 0 radical (unpaired) electrons. The number of aliphatic imine (C=N–C) groups is 1. The zero-order valence-electron chi connectivity index (χ0n) is 9.70. The number of hydrogen-bond donors (Lipinski definition) is 2. The molecule has 0 amide bonds. The monoisotopic (exact) mass is 251 g/mol. The Labute approximate surface area is 104 Å². The topological polar surface area (TPSA) is 64.4 Å². The number of nitrogen functional groups attached to an aromatic ring is 1. The highest BCUT2D eigenvalue weighted by Gasteiger charge is 2.30. The summed E-state index contributed by atoms with van der Waals surface area (Å²) in [4.78, 5) is 5.32. The van der Waals surface area contributed by atoms with Crippen LogP contribution in [0.5, 0.6) is 0 Å². The zero-order valence-corrected chi connectivity index (χ0v) is 10.5. The average molecular weight is 251 g/mol. The molecule has 0 unspecified atom stereocenters. The Kier molecular flexibility index (Phi) is 2.87. The molecule has 2 rings (SSSR count). The molecule has 0 saturated heterocycles. The van der Waals surface area contributed by atoms with E-state index in [1.807, 2.05) is 19.9 Å². The number of rotatable bonds is 1. The lowest BCUT2D eigenvalue weighted by atomic mass is 9.91. The van der Waals surface area contributed by atoms with Gasteiger partial charge in [-0.05, 0) is 43.0 Å². The van der Waals surface area contributed by atoms with Crippen molar-refractivity contribution in [3.8, 4) is 0 Å². The maximum atomic E-state index is 13.9. The largest absolute Gasteiger partial charge is 0.399 e. The lowest BCUT2D eigenvalue weighted by molar-refractivity contribution is 0.545. The van der Waals surface area contributed by atoms with Gasteiger partial charge in [-0.15, -0.1) is 0 Å². The molecule has 0 spiro atoms. The van der Waals surface area contributed by atoms with Crippen molar-refractivity contribution in [1.82, 2.24) is 0 Å². The highest BCUT2D eigenvalue weighted by molar-refractivity contribution is 8.17. The number of hydrogen-bond acceptors (Lipinski definition) is 4. The summed E-state index contributed by atoms with van der Waals surface area (Å²) < 4.78 is 13.9. The molecule has 1 aromatic rings. The summed E-state index contributed by atoms with van der Waals surface area (Å²) in [6.07, 6.45) is 1.89.